The lowest BCUT2D eigenvalue weighted by Crippen LogP contribution is -2.52. The van der Waals surface area contributed by atoms with Crippen molar-refractivity contribution in [3.63, 3.8) is 0 Å². The summed E-state index contributed by atoms with van der Waals surface area (Å²) in [4.78, 5) is 14.2. The van der Waals surface area contributed by atoms with Crippen molar-refractivity contribution in [2.24, 2.45) is 5.92 Å². The molecule has 0 saturated carbocycles. The Morgan fingerprint density at radius 3 is 2.59 bits per heavy atom. The van der Waals surface area contributed by atoms with Crippen LogP contribution in [0.1, 0.15) is 20.8 Å². The van der Waals surface area contributed by atoms with Gasteiger partial charge in [-0.1, -0.05) is 19.8 Å². The van der Waals surface area contributed by atoms with E-state index < -0.39 is 0 Å². The minimum absolute atomic E-state index is 0.144. The van der Waals surface area contributed by atoms with E-state index in [1.807, 2.05) is 4.90 Å². The molecule has 1 atom stereocenters. The van der Waals surface area contributed by atoms with Crippen molar-refractivity contribution in [3.05, 3.63) is 0 Å². The fourth-order valence-electron chi connectivity index (χ4n) is 1.84. The molecule has 4 nitrogen and oxygen atoms in total. The molecule has 1 amide bonds. The summed E-state index contributed by atoms with van der Waals surface area (Å²) in [7, 11) is 0. The predicted octanol–water partition coefficient (Wildman–Crippen LogP) is 0.483. The van der Waals surface area contributed by atoms with Crippen LogP contribution in [0, 0.1) is 17.8 Å². The third-order valence-electron chi connectivity index (χ3n) is 2.84. The molecule has 1 rings (SSSR count). The van der Waals surface area contributed by atoms with Gasteiger partial charge in [0.1, 0.15) is 0 Å². The van der Waals surface area contributed by atoms with Crippen molar-refractivity contribution in [2.45, 2.75) is 26.8 Å². The maximum Gasteiger partial charge on any atom is 0.240 e. The van der Waals surface area contributed by atoms with Crippen LogP contribution in [-0.4, -0.2) is 49.7 Å². The van der Waals surface area contributed by atoms with Crippen molar-refractivity contribution in [2.75, 3.05) is 32.8 Å². The average molecular weight is 238 g/mol. The average Bonchev–Trinajstić information content (AvgIpc) is 2.34. The molecule has 0 aliphatic carbocycles. The van der Waals surface area contributed by atoms with Crippen LogP contribution in [0.3, 0.4) is 0 Å². The van der Waals surface area contributed by atoms with Gasteiger partial charge in [-0.15, -0.1) is 5.92 Å². The molecule has 0 bridgehead atoms. The van der Waals surface area contributed by atoms with Gasteiger partial charge in [-0.25, -0.2) is 0 Å². The molecular weight excluding hydrogens is 216 g/mol. The van der Waals surface area contributed by atoms with Crippen molar-refractivity contribution in [1.82, 2.24) is 10.2 Å². The summed E-state index contributed by atoms with van der Waals surface area (Å²) in [6, 6.07) is -0.144. The SMILES string of the molecule is CC#CCN[C@H](C(=O)N1CCOCC1)C(C)C. The minimum Gasteiger partial charge on any atom is -0.378 e. The number of carbonyl (C=O) groups excluding carboxylic acids is 1. The molecule has 0 spiro atoms. The molecule has 1 saturated heterocycles. The molecular formula is C13H22N2O2. The first-order valence-electron chi connectivity index (χ1n) is 6.16. The molecule has 0 radical (unpaired) electrons. The van der Waals surface area contributed by atoms with Gasteiger partial charge in [-0.05, 0) is 12.8 Å². The number of nitrogens with zero attached hydrogens (tertiary/aromatic N) is 1. The summed E-state index contributed by atoms with van der Waals surface area (Å²) in [6.45, 7) is 9.15. The first-order chi connectivity index (χ1) is 8.16. The zero-order chi connectivity index (χ0) is 12.7. The second-order valence-electron chi connectivity index (χ2n) is 4.47. The van der Waals surface area contributed by atoms with E-state index in [-0.39, 0.29) is 17.9 Å². The van der Waals surface area contributed by atoms with Gasteiger partial charge in [0.2, 0.25) is 5.91 Å². The largest absolute Gasteiger partial charge is 0.378 e. The maximum atomic E-state index is 12.3. The lowest BCUT2D eigenvalue weighted by atomic mass is 10.0. The molecule has 0 aromatic carbocycles. The number of hydrogen-bond donors (Lipinski definition) is 1. The fraction of sp³-hybridized carbons (Fsp3) is 0.769. The van der Waals surface area contributed by atoms with E-state index in [9.17, 15) is 4.79 Å². The Balaban J connectivity index is 2.54. The van der Waals surface area contributed by atoms with Gasteiger partial charge in [-0.2, -0.15) is 0 Å². The smallest absolute Gasteiger partial charge is 0.240 e. The first kappa shape index (κ1) is 14.0. The zero-order valence-corrected chi connectivity index (χ0v) is 11.0. The van der Waals surface area contributed by atoms with Crippen molar-refractivity contribution >= 4 is 5.91 Å². The summed E-state index contributed by atoms with van der Waals surface area (Å²) in [5, 5.41) is 3.21. The highest BCUT2D eigenvalue weighted by atomic mass is 16.5. The van der Waals surface area contributed by atoms with Crippen molar-refractivity contribution < 1.29 is 9.53 Å². The Labute approximate surface area is 104 Å². The monoisotopic (exact) mass is 238 g/mol. The van der Waals surface area contributed by atoms with Crippen LogP contribution in [0.25, 0.3) is 0 Å². The van der Waals surface area contributed by atoms with Crippen molar-refractivity contribution in [1.29, 1.82) is 0 Å². The second kappa shape index (κ2) is 7.31. The molecule has 0 unspecified atom stereocenters. The standard InChI is InChI=1S/C13H22N2O2/c1-4-5-6-14-12(11(2)3)13(16)15-7-9-17-10-8-15/h11-12,14H,6-10H2,1-3H3/t12-/m0/s1. The Kier molecular flexibility index (Phi) is 6.03. The Morgan fingerprint density at radius 1 is 1.41 bits per heavy atom. The highest BCUT2D eigenvalue weighted by Crippen LogP contribution is 2.08. The number of carbonyl (C=O) groups is 1. The van der Waals surface area contributed by atoms with E-state index in [4.69, 9.17) is 4.74 Å². The van der Waals surface area contributed by atoms with Crippen LogP contribution in [0.15, 0.2) is 0 Å². The van der Waals surface area contributed by atoms with Crippen LogP contribution in [0.2, 0.25) is 0 Å². The van der Waals surface area contributed by atoms with Crippen LogP contribution < -0.4 is 5.32 Å². The predicted molar refractivity (Wildman–Crippen MR) is 67.5 cm³/mol. The molecule has 1 fully saturated rings. The van der Waals surface area contributed by atoms with E-state index >= 15 is 0 Å². The molecule has 1 aliphatic rings. The first-order valence-corrected chi connectivity index (χ1v) is 6.16. The van der Waals surface area contributed by atoms with Gasteiger partial charge in [0.25, 0.3) is 0 Å². The second-order valence-corrected chi connectivity index (χ2v) is 4.47. The van der Waals surface area contributed by atoms with Gasteiger partial charge >= 0.3 is 0 Å². The molecule has 1 aliphatic heterocycles. The number of ether oxygens (including phenoxy) is 1. The van der Waals surface area contributed by atoms with Gasteiger partial charge in [0.15, 0.2) is 0 Å². The van der Waals surface area contributed by atoms with Gasteiger partial charge in [-0.3, -0.25) is 10.1 Å². The highest BCUT2D eigenvalue weighted by Gasteiger charge is 2.27. The summed E-state index contributed by atoms with van der Waals surface area (Å²) in [5.41, 5.74) is 0. The molecule has 0 aromatic heterocycles. The zero-order valence-electron chi connectivity index (χ0n) is 11.0. The van der Waals surface area contributed by atoms with E-state index in [0.29, 0.717) is 32.8 Å². The molecule has 96 valence electrons. The van der Waals surface area contributed by atoms with E-state index in [1.165, 1.54) is 0 Å². The number of amides is 1. The molecule has 0 aromatic rings. The number of hydrogen-bond acceptors (Lipinski definition) is 3. The summed E-state index contributed by atoms with van der Waals surface area (Å²) < 4.78 is 5.25. The summed E-state index contributed by atoms with van der Waals surface area (Å²) in [5.74, 6) is 6.19. The van der Waals surface area contributed by atoms with Crippen molar-refractivity contribution in [3.8, 4) is 11.8 Å². The van der Waals surface area contributed by atoms with Gasteiger partial charge < -0.3 is 9.64 Å². The lowest BCUT2D eigenvalue weighted by Gasteiger charge is -2.32. The van der Waals surface area contributed by atoms with E-state index in [2.05, 4.69) is 31.0 Å². The number of morpholine rings is 1. The Hall–Kier alpha value is -1.05. The summed E-state index contributed by atoms with van der Waals surface area (Å²) >= 11 is 0. The van der Waals surface area contributed by atoms with E-state index in [0.717, 1.165) is 0 Å². The minimum atomic E-state index is -0.144. The quantitative estimate of drug-likeness (QED) is 0.724. The maximum absolute atomic E-state index is 12.3. The van der Waals surface area contributed by atoms with Crippen LogP contribution >= 0.6 is 0 Å². The molecule has 17 heavy (non-hydrogen) atoms. The lowest BCUT2D eigenvalue weighted by molar-refractivity contribution is -0.138. The number of rotatable bonds is 4. The van der Waals surface area contributed by atoms with Crippen LogP contribution in [0.5, 0.6) is 0 Å². The topological polar surface area (TPSA) is 41.6 Å². The Bertz CT molecular complexity index is 298. The van der Waals surface area contributed by atoms with Gasteiger partial charge in [0, 0.05) is 13.1 Å². The third-order valence-corrected chi connectivity index (χ3v) is 2.84. The Morgan fingerprint density at radius 2 is 2.06 bits per heavy atom. The normalized spacial score (nSPS) is 17.5. The third kappa shape index (κ3) is 4.37. The van der Waals surface area contributed by atoms with Gasteiger partial charge in [0.05, 0.1) is 25.8 Å². The molecule has 4 heteroatoms. The highest BCUT2D eigenvalue weighted by molar-refractivity contribution is 5.82. The molecule has 1 N–H and O–H groups in total. The van der Waals surface area contributed by atoms with E-state index in [1.54, 1.807) is 6.92 Å². The molecule has 1 heterocycles. The number of nitrogens with one attached hydrogen (secondary N) is 1. The van der Waals surface area contributed by atoms with Crippen LogP contribution in [-0.2, 0) is 9.53 Å². The fourth-order valence-corrected chi connectivity index (χ4v) is 1.84. The summed E-state index contributed by atoms with van der Waals surface area (Å²) in [6.07, 6.45) is 0. The van der Waals surface area contributed by atoms with Crippen LogP contribution in [0.4, 0.5) is 0 Å².